The Balaban J connectivity index is 1.97. The van der Waals surface area contributed by atoms with Crippen LogP contribution in [-0.4, -0.2) is 69.7 Å². The molecule has 246 valence electrons. The van der Waals surface area contributed by atoms with E-state index in [4.69, 9.17) is 16.1 Å². The van der Waals surface area contributed by atoms with Crippen molar-refractivity contribution in [3.8, 4) is 0 Å². The summed E-state index contributed by atoms with van der Waals surface area (Å²) in [6.07, 6.45) is 9.84. The van der Waals surface area contributed by atoms with E-state index in [2.05, 4.69) is 116 Å². The van der Waals surface area contributed by atoms with E-state index in [9.17, 15) is 0 Å². The molecule has 7 N–H and O–H groups in total. The van der Waals surface area contributed by atoms with Crippen molar-refractivity contribution in [1.29, 1.82) is 5.41 Å². The summed E-state index contributed by atoms with van der Waals surface area (Å²) in [6, 6.07) is 0.838. The van der Waals surface area contributed by atoms with E-state index in [-0.39, 0.29) is 39.2 Å². The van der Waals surface area contributed by atoms with Gasteiger partial charge in [-0.15, -0.1) is 0 Å². The molecule has 0 saturated carbocycles. The SMILES string of the molecule is CC(C)(C)CC(C)(C)N=C(N)NC(=N)N(CCCCCCNC1CC(C)(C)NC(C)(C)C1)C1CC(C)(C)NC(C)(C)C1. The molecule has 8 heteroatoms. The summed E-state index contributed by atoms with van der Waals surface area (Å²) < 4.78 is 0. The van der Waals surface area contributed by atoms with E-state index >= 15 is 0 Å². The largest absolute Gasteiger partial charge is 0.370 e. The summed E-state index contributed by atoms with van der Waals surface area (Å²) in [4.78, 5) is 7.06. The molecule has 2 fully saturated rings. The lowest BCUT2D eigenvalue weighted by molar-refractivity contribution is 0.100. The molecule has 0 aromatic heterocycles. The van der Waals surface area contributed by atoms with E-state index in [0.29, 0.717) is 18.0 Å². The number of nitrogens with one attached hydrogen (secondary N) is 5. The zero-order valence-electron chi connectivity index (χ0n) is 29.9. The van der Waals surface area contributed by atoms with Crippen LogP contribution in [0.2, 0.25) is 0 Å². The monoisotopic (exact) mass is 591 g/mol. The van der Waals surface area contributed by atoms with Crippen LogP contribution in [0.1, 0.15) is 148 Å². The van der Waals surface area contributed by atoms with Gasteiger partial charge in [0.1, 0.15) is 0 Å². The van der Waals surface area contributed by atoms with Crippen molar-refractivity contribution < 1.29 is 0 Å². The fourth-order valence-corrected chi connectivity index (χ4v) is 8.38. The Kier molecular flexibility index (Phi) is 12.0. The predicted molar refractivity (Wildman–Crippen MR) is 182 cm³/mol. The normalized spacial score (nSPS) is 23.0. The molecule has 0 aromatic carbocycles. The van der Waals surface area contributed by atoms with Gasteiger partial charge in [-0.2, -0.15) is 0 Å². The van der Waals surface area contributed by atoms with E-state index < -0.39 is 0 Å². The molecule has 0 amide bonds. The Morgan fingerprint density at radius 1 is 0.810 bits per heavy atom. The highest BCUT2D eigenvalue weighted by Crippen LogP contribution is 2.33. The van der Waals surface area contributed by atoms with E-state index in [1.807, 2.05) is 0 Å². The fraction of sp³-hybridized carbons (Fsp3) is 0.941. The van der Waals surface area contributed by atoms with Gasteiger partial charge in [0, 0.05) is 40.8 Å². The van der Waals surface area contributed by atoms with Gasteiger partial charge in [-0.05, 0) is 126 Å². The summed E-state index contributed by atoms with van der Waals surface area (Å²) in [6.45, 7) is 31.2. The predicted octanol–water partition coefficient (Wildman–Crippen LogP) is 6.11. The maximum absolute atomic E-state index is 9.10. The molecular weight excluding hydrogens is 520 g/mol. The topological polar surface area (TPSA) is 114 Å². The summed E-state index contributed by atoms with van der Waals surface area (Å²) in [7, 11) is 0. The van der Waals surface area contributed by atoms with E-state index in [0.717, 1.165) is 45.2 Å². The van der Waals surface area contributed by atoms with Gasteiger partial charge in [-0.3, -0.25) is 10.7 Å². The highest BCUT2D eigenvalue weighted by atomic mass is 15.3. The van der Waals surface area contributed by atoms with Crippen LogP contribution in [0.5, 0.6) is 0 Å². The molecule has 2 aliphatic rings. The van der Waals surface area contributed by atoms with Gasteiger partial charge in [0.15, 0.2) is 11.9 Å². The smallest absolute Gasteiger partial charge is 0.198 e. The van der Waals surface area contributed by atoms with E-state index in [1.165, 1.54) is 25.7 Å². The molecule has 0 unspecified atom stereocenters. The molecule has 0 aliphatic carbocycles. The van der Waals surface area contributed by atoms with Gasteiger partial charge < -0.3 is 26.6 Å². The standard InChI is InChI=1S/C34H70N8/c1-29(2,3)24-34(12,13)39-27(35)38-28(36)42(26-22-32(8,9)41-33(10,11)23-26)19-17-15-14-16-18-37-25-20-30(4,5)40-31(6,7)21-25/h25-26,37,40-41H,14-24H2,1-13H3,(H4,35,36,38,39). The van der Waals surface area contributed by atoms with Gasteiger partial charge in [0.05, 0.1) is 5.54 Å². The molecule has 0 aromatic rings. The van der Waals surface area contributed by atoms with Crippen LogP contribution in [0, 0.1) is 10.8 Å². The second-order valence-electron chi connectivity index (χ2n) is 18.0. The lowest BCUT2D eigenvalue weighted by Crippen LogP contribution is -2.64. The Labute approximate surface area is 260 Å². The van der Waals surface area contributed by atoms with Crippen molar-refractivity contribution in [2.75, 3.05) is 13.1 Å². The summed E-state index contributed by atoms with van der Waals surface area (Å²) in [5.41, 5.74) is 6.61. The van der Waals surface area contributed by atoms with Crippen LogP contribution in [0.25, 0.3) is 0 Å². The third kappa shape index (κ3) is 13.5. The number of piperidine rings is 2. The van der Waals surface area contributed by atoms with Crippen molar-refractivity contribution in [2.24, 2.45) is 16.1 Å². The molecule has 8 nitrogen and oxygen atoms in total. The van der Waals surface area contributed by atoms with Gasteiger partial charge in [0.25, 0.3) is 0 Å². The van der Waals surface area contributed by atoms with Crippen LogP contribution in [0.15, 0.2) is 4.99 Å². The lowest BCUT2D eigenvalue weighted by atomic mass is 9.79. The number of unbranched alkanes of at least 4 members (excludes halogenated alkanes) is 3. The molecule has 0 atom stereocenters. The third-order valence-corrected chi connectivity index (χ3v) is 8.48. The Hall–Kier alpha value is -1.38. The zero-order chi connectivity index (χ0) is 32.2. The maximum atomic E-state index is 9.10. The molecule has 42 heavy (non-hydrogen) atoms. The minimum absolute atomic E-state index is 0.00270. The van der Waals surface area contributed by atoms with Gasteiger partial charge in [-0.25, -0.2) is 4.99 Å². The first-order valence-electron chi connectivity index (χ1n) is 16.7. The first-order chi connectivity index (χ1) is 18.9. The average Bonchev–Trinajstić information content (AvgIpc) is 2.68. The number of rotatable bonds is 11. The number of hydrogen-bond acceptors (Lipinski definition) is 5. The van der Waals surface area contributed by atoms with Crippen molar-refractivity contribution in [3.05, 3.63) is 0 Å². The van der Waals surface area contributed by atoms with Crippen LogP contribution >= 0.6 is 0 Å². The quantitative estimate of drug-likeness (QED) is 0.0983. The van der Waals surface area contributed by atoms with Crippen LogP contribution in [0.3, 0.4) is 0 Å². The summed E-state index contributed by atoms with van der Waals surface area (Å²) in [5.74, 6) is 0.709. The second-order valence-corrected chi connectivity index (χ2v) is 18.0. The second kappa shape index (κ2) is 13.7. The van der Waals surface area contributed by atoms with Gasteiger partial charge in [0.2, 0.25) is 0 Å². The Morgan fingerprint density at radius 3 is 1.79 bits per heavy atom. The Bertz CT molecular complexity index is 877. The van der Waals surface area contributed by atoms with Crippen LogP contribution in [-0.2, 0) is 0 Å². The highest BCUT2D eigenvalue weighted by Gasteiger charge is 2.41. The first-order valence-corrected chi connectivity index (χ1v) is 16.7. The highest BCUT2D eigenvalue weighted by molar-refractivity contribution is 5.96. The van der Waals surface area contributed by atoms with Gasteiger partial charge in [-0.1, -0.05) is 33.6 Å². The van der Waals surface area contributed by atoms with Crippen molar-refractivity contribution in [3.63, 3.8) is 0 Å². The van der Waals surface area contributed by atoms with Crippen LogP contribution < -0.4 is 27.0 Å². The maximum Gasteiger partial charge on any atom is 0.198 e. The fourth-order valence-electron chi connectivity index (χ4n) is 8.38. The number of hydrogen-bond donors (Lipinski definition) is 6. The summed E-state index contributed by atoms with van der Waals surface area (Å²) in [5, 5.41) is 23.7. The molecule has 0 radical (unpaired) electrons. The van der Waals surface area contributed by atoms with Gasteiger partial charge >= 0.3 is 0 Å². The minimum atomic E-state index is -0.299. The molecule has 0 bridgehead atoms. The molecule has 2 aliphatic heterocycles. The van der Waals surface area contributed by atoms with Crippen LogP contribution in [0.4, 0.5) is 0 Å². The zero-order valence-corrected chi connectivity index (χ0v) is 29.9. The molecule has 2 heterocycles. The first kappa shape index (κ1) is 36.8. The minimum Gasteiger partial charge on any atom is -0.370 e. The lowest BCUT2D eigenvalue weighted by Gasteiger charge is -2.50. The Morgan fingerprint density at radius 2 is 1.29 bits per heavy atom. The van der Waals surface area contributed by atoms with E-state index in [1.54, 1.807) is 0 Å². The number of nitrogens with zero attached hydrogens (tertiary/aromatic N) is 2. The van der Waals surface area contributed by atoms with Crippen molar-refractivity contribution in [1.82, 2.24) is 26.2 Å². The average molecular weight is 591 g/mol. The molecule has 0 spiro atoms. The van der Waals surface area contributed by atoms with Crippen molar-refractivity contribution in [2.45, 2.75) is 188 Å². The number of nitrogens with two attached hydrogens (primary N) is 1. The molecule has 2 saturated heterocycles. The molecule has 2 rings (SSSR count). The third-order valence-electron chi connectivity index (χ3n) is 8.48. The number of aliphatic imine (C=N–C) groups is 1. The molecular formula is C34H70N8. The summed E-state index contributed by atoms with van der Waals surface area (Å²) >= 11 is 0. The van der Waals surface area contributed by atoms with Crippen molar-refractivity contribution >= 4 is 11.9 Å². The number of guanidine groups is 2.